The fourth-order valence-electron chi connectivity index (χ4n) is 1.45. The maximum absolute atomic E-state index is 3.51. The molecule has 0 aromatic rings. The number of hydrogen-bond acceptors (Lipinski definition) is 1. The Kier molecular flexibility index (Phi) is 1.29. The van der Waals surface area contributed by atoms with Crippen molar-refractivity contribution in [2.45, 2.75) is 31.2 Å². The van der Waals surface area contributed by atoms with Crippen LogP contribution in [-0.2, 0) is 0 Å². The zero-order chi connectivity index (χ0) is 4.74. The van der Waals surface area contributed by atoms with Gasteiger partial charge in [-0.15, -0.1) is 0 Å². The van der Waals surface area contributed by atoms with Crippen molar-refractivity contribution in [3.63, 3.8) is 0 Å². The van der Waals surface area contributed by atoms with Crippen molar-refractivity contribution in [3.8, 4) is 0 Å². The minimum absolute atomic E-state index is 0. The molecule has 0 unspecified atom stereocenters. The highest BCUT2D eigenvalue weighted by Crippen LogP contribution is 2.42. The zero-order valence-corrected chi connectivity index (χ0v) is 5.04. The molecule has 1 aliphatic heterocycles. The summed E-state index contributed by atoms with van der Waals surface area (Å²) in [5, 5.41) is 3.51. The van der Waals surface area contributed by atoms with Gasteiger partial charge in [0, 0.05) is 5.54 Å². The molecule has 0 amide bonds. The number of rotatable bonds is 0. The van der Waals surface area contributed by atoms with E-state index in [9.17, 15) is 0 Å². The molecule has 2 heteroatoms. The molecule has 2 fully saturated rings. The second kappa shape index (κ2) is 1.71. The van der Waals surface area contributed by atoms with Crippen LogP contribution in [0.3, 0.4) is 0 Å². The van der Waals surface area contributed by atoms with E-state index in [1.165, 1.54) is 32.2 Å². The van der Waals surface area contributed by atoms with Gasteiger partial charge >= 0.3 is 0 Å². The average molecular weight is 115 g/mol. The van der Waals surface area contributed by atoms with Crippen molar-refractivity contribution in [2.75, 3.05) is 6.54 Å². The first-order chi connectivity index (χ1) is 3.41. The van der Waals surface area contributed by atoms with E-state index >= 15 is 0 Å². The van der Waals surface area contributed by atoms with Crippen LogP contribution in [0.2, 0.25) is 0 Å². The smallest absolute Gasteiger partial charge is 0.0183 e. The average Bonchev–Trinajstić information content (AvgIpc) is 2.15. The molecule has 0 aromatic carbocycles. The third-order valence-corrected chi connectivity index (χ3v) is 2.19. The standard InChI is InChI=1S/C6H11N.H2O/c1-2-6(3-4-6)7-5-1;/h7H,1-5H2;1H2. The molecule has 1 aliphatic carbocycles. The van der Waals surface area contributed by atoms with Gasteiger partial charge in [-0.2, -0.15) is 0 Å². The highest BCUT2D eigenvalue weighted by Gasteiger charge is 2.43. The molecule has 2 nitrogen and oxygen atoms in total. The van der Waals surface area contributed by atoms with Gasteiger partial charge in [-0.3, -0.25) is 0 Å². The molecular formula is C6H13NO. The van der Waals surface area contributed by atoms with Gasteiger partial charge in [0.25, 0.3) is 0 Å². The Balaban J connectivity index is 0.000000320. The van der Waals surface area contributed by atoms with Gasteiger partial charge in [0.2, 0.25) is 0 Å². The zero-order valence-electron chi connectivity index (χ0n) is 5.04. The molecule has 3 N–H and O–H groups in total. The summed E-state index contributed by atoms with van der Waals surface area (Å²) in [5.41, 5.74) is 0.694. The van der Waals surface area contributed by atoms with Crippen molar-refractivity contribution in [1.29, 1.82) is 0 Å². The third-order valence-electron chi connectivity index (χ3n) is 2.19. The highest BCUT2D eigenvalue weighted by atomic mass is 16.0. The molecule has 1 saturated carbocycles. The summed E-state index contributed by atoms with van der Waals surface area (Å²) in [6, 6.07) is 0. The molecular weight excluding hydrogens is 102 g/mol. The van der Waals surface area contributed by atoms with Crippen LogP contribution in [0.15, 0.2) is 0 Å². The quantitative estimate of drug-likeness (QED) is 0.477. The predicted octanol–water partition coefficient (Wildman–Crippen LogP) is 0.0777. The molecule has 2 aliphatic rings. The Morgan fingerprint density at radius 2 is 1.88 bits per heavy atom. The Hall–Kier alpha value is -0.0800. The third kappa shape index (κ3) is 0.740. The molecule has 8 heavy (non-hydrogen) atoms. The maximum atomic E-state index is 3.51. The summed E-state index contributed by atoms with van der Waals surface area (Å²) in [4.78, 5) is 0. The molecule has 0 atom stereocenters. The van der Waals surface area contributed by atoms with Gasteiger partial charge in [0.05, 0.1) is 0 Å². The van der Waals surface area contributed by atoms with Gasteiger partial charge in [-0.05, 0) is 32.2 Å². The van der Waals surface area contributed by atoms with Crippen molar-refractivity contribution in [1.82, 2.24) is 5.32 Å². The Morgan fingerprint density at radius 3 is 2.12 bits per heavy atom. The number of hydrogen-bond donors (Lipinski definition) is 1. The van der Waals surface area contributed by atoms with Crippen LogP contribution in [0.25, 0.3) is 0 Å². The Bertz CT molecular complexity index is 80.5. The lowest BCUT2D eigenvalue weighted by atomic mass is 10.2. The molecule has 1 saturated heterocycles. The van der Waals surface area contributed by atoms with E-state index in [0.717, 1.165) is 0 Å². The second-order valence-electron chi connectivity index (χ2n) is 2.81. The SMILES string of the molecule is C1CNC2(C1)CC2.O. The van der Waals surface area contributed by atoms with E-state index in [1.54, 1.807) is 0 Å². The Morgan fingerprint density at radius 1 is 1.12 bits per heavy atom. The van der Waals surface area contributed by atoms with Crippen LogP contribution in [0, 0.1) is 0 Å². The van der Waals surface area contributed by atoms with Crippen LogP contribution in [0.1, 0.15) is 25.7 Å². The summed E-state index contributed by atoms with van der Waals surface area (Å²) in [6.07, 6.45) is 5.77. The largest absolute Gasteiger partial charge is 0.412 e. The van der Waals surface area contributed by atoms with Crippen molar-refractivity contribution in [3.05, 3.63) is 0 Å². The van der Waals surface area contributed by atoms with Crippen LogP contribution in [0.5, 0.6) is 0 Å². The van der Waals surface area contributed by atoms with E-state index in [-0.39, 0.29) is 5.48 Å². The first-order valence-corrected chi connectivity index (χ1v) is 3.16. The lowest BCUT2D eigenvalue weighted by Gasteiger charge is -2.01. The summed E-state index contributed by atoms with van der Waals surface area (Å²) < 4.78 is 0. The molecule has 1 heterocycles. The van der Waals surface area contributed by atoms with Gasteiger partial charge in [0.1, 0.15) is 0 Å². The highest BCUT2D eigenvalue weighted by molar-refractivity contribution is 5.04. The van der Waals surface area contributed by atoms with Gasteiger partial charge < -0.3 is 10.8 Å². The van der Waals surface area contributed by atoms with Crippen LogP contribution in [-0.4, -0.2) is 17.6 Å². The number of nitrogens with one attached hydrogen (secondary N) is 1. The van der Waals surface area contributed by atoms with Crippen LogP contribution < -0.4 is 5.32 Å². The maximum Gasteiger partial charge on any atom is 0.0183 e. The second-order valence-corrected chi connectivity index (χ2v) is 2.81. The van der Waals surface area contributed by atoms with E-state index in [4.69, 9.17) is 0 Å². The molecule has 0 radical (unpaired) electrons. The summed E-state index contributed by atoms with van der Waals surface area (Å²) >= 11 is 0. The monoisotopic (exact) mass is 115 g/mol. The van der Waals surface area contributed by atoms with Crippen LogP contribution >= 0.6 is 0 Å². The van der Waals surface area contributed by atoms with Gasteiger partial charge in [-0.1, -0.05) is 0 Å². The first kappa shape index (κ1) is 6.05. The lowest BCUT2D eigenvalue weighted by molar-refractivity contribution is 0.601. The molecule has 1 spiro atoms. The van der Waals surface area contributed by atoms with Crippen LogP contribution in [0.4, 0.5) is 0 Å². The fourth-order valence-corrected chi connectivity index (χ4v) is 1.45. The minimum Gasteiger partial charge on any atom is -0.412 e. The van der Waals surface area contributed by atoms with Gasteiger partial charge in [-0.25, -0.2) is 0 Å². The summed E-state index contributed by atoms with van der Waals surface area (Å²) in [7, 11) is 0. The minimum atomic E-state index is 0. The molecule has 0 aromatic heterocycles. The van der Waals surface area contributed by atoms with E-state index in [2.05, 4.69) is 5.32 Å². The fraction of sp³-hybridized carbons (Fsp3) is 1.00. The van der Waals surface area contributed by atoms with Crippen molar-refractivity contribution in [2.24, 2.45) is 0 Å². The summed E-state index contributed by atoms with van der Waals surface area (Å²) in [6.45, 7) is 1.28. The topological polar surface area (TPSA) is 43.5 Å². The molecule has 0 bridgehead atoms. The van der Waals surface area contributed by atoms with Crippen molar-refractivity contribution >= 4 is 0 Å². The summed E-state index contributed by atoms with van der Waals surface area (Å²) in [5.74, 6) is 0. The van der Waals surface area contributed by atoms with Gasteiger partial charge in [0.15, 0.2) is 0 Å². The predicted molar refractivity (Wildman–Crippen MR) is 32.8 cm³/mol. The van der Waals surface area contributed by atoms with E-state index in [0.29, 0.717) is 5.54 Å². The lowest BCUT2D eigenvalue weighted by Crippen LogP contribution is -2.22. The normalized spacial score (nSPS) is 30.0. The van der Waals surface area contributed by atoms with Crippen molar-refractivity contribution < 1.29 is 5.48 Å². The first-order valence-electron chi connectivity index (χ1n) is 3.16. The van der Waals surface area contributed by atoms with E-state index < -0.39 is 0 Å². The molecule has 48 valence electrons. The Labute approximate surface area is 49.6 Å². The van der Waals surface area contributed by atoms with E-state index in [1.807, 2.05) is 0 Å². The molecule has 2 rings (SSSR count).